The van der Waals surface area contributed by atoms with Gasteiger partial charge in [-0.05, 0) is 30.3 Å². The Balaban J connectivity index is 1.38. The van der Waals surface area contributed by atoms with E-state index in [0.29, 0.717) is 38.9 Å². The van der Waals surface area contributed by atoms with E-state index in [9.17, 15) is 15.0 Å². The molecule has 9 nitrogen and oxygen atoms in total. The van der Waals surface area contributed by atoms with E-state index >= 15 is 4.39 Å². The summed E-state index contributed by atoms with van der Waals surface area (Å²) in [5, 5.41) is 24.9. The Labute approximate surface area is 216 Å². The molecule has 0 bridgehead atoms. The molecule has 0 saturated carbocycles. The molecular weight excluding hydrogens is 493 g/mol. The summed E-state index contributed by atoms with van der Waals surface area (Å²) in [7, 11) is 3.03. The molecule has 0 fully saturated rings. The molecule has 1 amide bonds. The smallest absolute Gasteiger partial charge is 0.249 e. The summed E-state index contributed by atoms with van der Waals surface area (Å²) in [6, 6.07) is 14.9. The van der Waals surface area contributed by atoms with Crippen LogP contribution in [0.2, 0.25) is 0 Å². The fraction of sp³-hybridized carbons (Fsp3) is 0.143. The summed E-state index contributed by atoms with van der Waals surface area (Å²) in [4.78, 5) is 17.2. The zero-order chi connectivity index (χ0) is 26.8. The molecular formula is C28H24FN3O6. The number of benzene rings is 3. The largest absolute Gasteiger partial charge is 0.494 e. The number of fused-ring (bicyclic) bond motifs is 2. The Kier molecular flexibility index (Phi) is 6.71. The van der Waals surface area contributed by atoms with Crippen LogP contribution in [0.3, 0.4) is 0 Å². The van der Waals surface area contributed by atoms with Crippen LogP contribution in [0.15, 0.2) is 73.1 Å². The Morgan fingerprint density at radius 2 is 1.76 bits per heavy atom. The van der Waals surface area contributed by atoms with Crippen molar-refractivity contribution in [1.82, 2.24) is 9.55 Å². The lowest BCUT2D eigenvalue weighted by atomic mass is 10.1. The number of nitrogens with zero attached hydrogens (tertiary/aromatic N) is 2. The number of hydrogen-bond acceptors (Lipinski definition) is 7. The van der Waals surface area contributed by atoms with Gasteiger partial charge in [-0.3, -0.25) is 9.78 Å². The van der Waals surface area contributed by atoms with Crippen molar-refractivity contribution >= 4 is 33.3 Å². The maximum Gasteiger partial charge on any atom is 0.249 e. The first-order valence-electron chi connectivity index (χ1n) is 11.6. The lowest BCUT2D eigenvalue weighted by Gasteiger charge is -2.17. The molecule has 194 valence electrons. The second kappa shape index (κ2) is 10.3. The number of hydrogen-bond donors (Lipinski definition) is 3. The van der Waals surface area contributed by atoms with Crippen molar-refractivity contribution in [3.63, 3.8) is 0 Å². The highest BCUT2D eigenvalue weighted by Gasteiger charge is 2.24. The number of rotatable bonds is 8. The van der Waals surface area contributed by atoms with E-state index < -0.39 is 24.4 Å². The average molecular weight is 518 g/mol. The van der Waals surface area contributed by atoms with Crippen LogP contribution in [0.4, 0.5) is 10.1 Å². The molecule has 5 aromatic rings. The molecule has 0 saturated heterocycles. The van der Waals surface area contributed by atoms with Gasteiger partial charge in [-0.15, -0.1) is 0 Å². The zero-order valence-corrected chi connectivity index (χ0v) is 20.5. The molecule has 1 unspecified atom stereocenters. The number of aromatic nitrogens is 2. The highest BCUT2D eigenvalue weighted by Crippen LogP contribution is 2.38. The monoisotopic (exact) mass is 517 g/mol. The number of aromatic hydroxyl groups is 1. The highest BCUT2D eigenvalue weighted by atomic mass is 19.1. The Morgan fingerprint density at radius 1 is 1.00 bits per heavy atom. The fourth-order valence-electron chi connectivity index (χ4n) is 4.24. The molecule has 0 spiro atoms. The summed E-state index contributed by atoms with van der Waals surface area (Å²) in [5.74, 6) is -0.250. The third-order valence-electron chi connectivity index (χ3n) is 6.16. The molecule has 5 rings (SSSR count). The predicted octanol–water partition coefficient (Wildman–Crippen LogP) is 5.02. The predicted molar refractivity (Wildman–Crippen MR) is 140 cm³/mol. The van der Waals surface area contributed by atoms with Crippen LogP contribution in [-0.4, -0.2) is 46.5 Å². The first kappa shape index (κ1) is 24.8. The maximum atomic E-state index is 15.0. The normalized spacial score (nSPS) is 11.9. The van der Waals surface area contributed by atoms with Crippen LogP contribution < -0.4 is 19.5 Å². The minimum absolute atomic E-state index is 0.0710. The van der Waals surface area contributed by atoms with Crippen LogP contribution in [-0.2, 0) is 4.79 Å². The van der Waals surface area contributed by atoms with Gasteiger partial charge in [0.15, 0.2) is 28.9 Å². The maximum absolute atomic E-state index is 15.0. The Bertz CT molecular complexity index is 1650. The van der Waals surface area contributed by atoms with Gasteiger partial charge in [0.2, 0.25) is 5.91 Å². The van der Waals surface area contributed by atoms with E-state index in [1.807, 2.05) is 0 Å². The van der Waals surface area contributed by atoms with Crippen molar-refractivity contribution in [3.05, 3.63) is 78.9 Å². The quantitative estimate of drug-likeness (QED) is 0.265. The number of amides is 1. The molecule has 0 aliphatic carbocycles. The molecule has 2 heterocycles. The van der Waals surface area contributed by atoms with Crippen molar-refractivity contribution < 1.29 is 33.6 Å². The molecule has 0 aliphatic heterocycles. The molecule has 0 aliphatic rings. The number of methoxy groups -OCH3 is 2. The van der Waals surface area contributed by atoms with E-state index in [1.54, 1.807) is 48.7 Å². The number of anilines is 1. The van der Waals surface area contributed by atoms with Crippen LogP contribution >= 0.6 is 0 Å². The summed E-state index contributed by atoms with van der Waals surface area (Å²) in [6.07, 6.45) is 3.11. The highest BCUT2D eigenvalue weighted by molar-refractivity contribution is 5.96. The lowest BCUT2D eigenvalue weighted by Crippen LogP contribution is -2.28. The fourth-order valence-corrected chi connectivity index (χ4v) is 4.24. The molecule has 3 aromatic carbocycles. The summed E-state index contributed by atoms with van der Waals surface area (Å²) < 4.78 is 32.8. The van der Waals surface area contributed by atoms with Crippen molar-refractivity contribution in [3.8, 4) is 28.9 Å². The average Bonchev–Trinajstić information content (AvgIpc) is 3.26. The van der Waals surface area contributed by atoms with Crippen molar-refractivity contribution in [2.24, 2.45) is 0 Å². The summed E-state index contributed by atoms with van der Waals surface area (Å²) in [5.41, 5.74) is 0.723. The Hall–Kier alpha value is -4.83. The number of aliphatic hydroxyl groups excluding tert-OH is 1. The number of halogens is 1. The molecule has 0 radical (unpaired) electrons. The number of ether oxygens (including phenoxy) is 3. The van der Waals surface area contributed by atoms with E-state index in [0.717, 1.165) is 6.07 Å². The molecule has 38 heavy (non-hydrogen) atoms. The van der Waals surface area contributed by atoms with Gasteiger partial charge in [-0.25, -0.2) is 4.39 Å². The van der Waals surface area contributed by atoms with Crippen LogP contribution in [0.1, 0.15) is 6.04 Å². The molecule has 2 aromatic heterocycles. The van der Waals surface area contributed by atoms with Crippen LogP contribution in [0.25, 0.3) is 21.7 Å². The number of nitrogens with one attached hydrogen (secondary N) is 1. The standard InChI is InChI=1S/C28H24FN3O6/c1-36-25-12-19-21(13-26(25)37-2)30-10-9-23(19)38-24-8-7-17(11-20(24)29)31-27(34)22(15-33)32-14-16-5-3-4-6-18(16)28(32)35/h3-14,22,33,35H,15H2,1-2H3,(H,31,34). The molecule has 10 heteroatoms. The van der Waals surface area contributed by atoms with E-state index in [-0.39, 0.29) is 17.3 Å². The van der Waals surface area contributed by atoms with Crippen molar-refractivity contribution in [2.75, 3.05) is 26.1 Å². The second-order valence-corrected chi connectivity index (χ2v) is 8.42. The number of carbonyl (C=O) groups is 1. The minimum atomic E-state index is -1.13. The van der Waals surface area contributed by atoms with Gasteiger partial charge in [-0.1, -0.05) is 18.2 Å². The van der Waals surface area contributed by atoms with Gasteiger partial charge in [0.05, 0.1) is 26.3 Å². The van der Waals surface area contributed by atoms with Gasteiger partial charge in [0.1, 0.15) is 11.8 Å². The first-order chi connectivity index (χ1) is 18.4. The lowest BCUT2D eigenvalue weighted by molar-refractivity contribution is -0.120. The van der Waals surface area contributed by atoms with Gasteiger partial charge in [-0.2, -0.15) is 0 Å². The molecule has 1 atom stereocenters. The molecule has 3 N–H and O–H groups in total. The zero-order valence-electron chi connectivity index (χ0n) is 20.5. The SMILES string of the molecule is COc1cc2nccc(Oc3ccc(NC(=O)C(CO)n4cc5ccccc5c4O)cc3F)c2cc1OC. The van der Waals surface area contributed by atoms with Crippen molar-refractivity contribution in [1.29, 1.82) is 0 Å². The summed E-state index contributed by atoms with van der Waals surface area (Å²) in [6.45, 7) is -0.576. The second-order valence-electron chi connectivity index (χ2n) is 8.42. The first-order valence-corrected chi connectivity index (χ1v) is 11.6. The van der Waals surface area contributed by atoms with Gasteiger partial charge < -0.3 is 34.3 Å². The van der Waals surface area contributed by atoms with E-state index in [2.05, 4.69) is 10.3 Å². The number of pyridine rings is 1. The third kappa shape index (κ3) is 4.53. The summed E-state index contributed by atoms with van der Waals surface area (Å²) >= 11 is 0. The van der Waals surface area contributed by atoms with Crippen molar-refractivity contribution in [2.45, 2.75) is 6.04 Å². The van der Waals surface area contributed by atoms with E-state index in [1.165, 1.54) is 37.1 Å². The van der Waals surface area contributed by atoms with Crippen LogP contribution in [0, 0.1) is 5.82 Å². The third-order valence-corrected chi connectivity index (χ3v) is 6.16. The van der Waals surface area contributed by atoms with Crippen LogP contribution in [0.5, 0.6) is 28.9 Å². The van der Waals surface area contributed by atoms with Gasteiger partial charge >= 0.3 is 0 Å². The topological polar surface area (TPSA) is 115 Å². The van der Waals surface area contributed by atoms with Gasteiger partial charge in [0, 0.05) is 46.4 Å². The van der Waals surface area contributed by atoms with E-state index in [4.69, 9.17) is 14.2 Å². The number of aliphatic hydroxyl groups is 1. The van der Waals surface area contributed by atoms with Gasteiger partial charge in [0.25, 0.3) is 0 Å². The number of carbonyl (C=O) groups excluding carboxylic acids is 1. The minimum Gasteiger partial charge on any atom is -0.494 e. The Morgan fingerprint density at radius 3 is 2.47 bits per heavy atom.